The minimum atomic E-state index is -0.473. The van der Waals surface area contributed by atoms with Crippen LogP contribution in [0, 0.1) is 17.8 Å². The van der Waals surface area contributed by atoms with Crippen molar-refractivity contribution in [2.24, 2.45) is 17.8 Å². The van der Waals surface area contributed by atoms with E-state index in [4.69, 9.17) is 14.2 Å². The van der Waals surface area contributed by atoms with Gasteiger partial charge in [-0.1, -0.05) is 292 Å². The Morgan fingerprint density at radius 3 is 0.769 bits per heavy atom. The molecule has 636 valence electrons. The van der Waals surface area contributed by atoms with Crippen LogP contribution in [0.25, 0.3) is 64.7 Å². The zero-order valence-electron chi connectivity index (χ0n) is 74.7. The number of hydrogen-bond donors (Lipinski definition) is 3. The summed E-state index contributed by atoms with van der Waals surface area (Å²) in [7, 11) is 4.49. The van der Waals surface area contributed by atoms with Crippen LogP contribution in [0.1, 0.15) is 361 Å². The van der Waals surface area contributed by atoms with Gasteiger partial charge in [-0.05, 0) is 214 Å². The molecule has 7 aromatic rings. The molecule has 4 aromatic carbocycles. The lowest BCUT2D eigenvalue weighted by Gasteiger charge is -2.39. The highest BCUT2D eigenvalue weighted by atomic mass is 32.1. The number of hydrogen-bond acceptors (Lipinski definition) is 12. The summed E-state index contributed by atoms with van der Waals surface area (Å²) in [5.74, 6) is -0.654. The smallest absolute Gasteiger partial charge is 0.323 e. The molecular weight excluding hydrogens is 1500 g/mol. The topological polar surface area (TPSA) is 115 Å². The van der Waals surface area contributed by atoms with Gasteiger partial charge in [0, 0.05) is 63.6 Å². The normalized spacial score (nSPS) is 15.4. The van der Waals surface area contributed by atoms with Gasteiger partial charge in [0.2, 0.25) is 0 Å². The van der Waals surface area contributed by atoms with E-state index in [1.807, 2.05) is 52.2 Å². The number of ether oxygens (including phenoxy) is 3. The summed E-state index contributed by atoms with van der Waals surface area (Å²) in [5, 5.41) is 11.4. The van der Waals surface area contributed by atoms with Crippen LogP contribution in [0.3, 0.4) is 0 Å². The van der Waals surface area contributed by atoms with E-state index < -0.39 is 18.1 Å². The quantitative estimate of drug-likeness (QED) is 0.0148. The van der Waals surface area contributed by atoms with Crippen LogP contribution in [0.15, 0.2) is 129 Å². The molecule has 0 aliphatic heterocycles. The zero-order valence-corrected chi connectivity index (χ0v) is 77.2. The van der Waals surface area contributed by atoms with Crippen molar-refractivity contribution in [2.75, 3.05) is 21.3 Å². The largest absolute Gasteiger partial charge is 0.468 e. The van der Waals surface area contributed by atoms with Crippen molar-refractivity contribution in [1.29, 1.82) is 0 Å². The molecule has 3 aliphatic rings. The molecule has 0 saturated carbocycles. The van der Waals surface area contributed by atoms with Gasteiger partial charge in [-0.2, -0.15) is 0 Å². The molecule has 0 amide bonds. The molecular formula is C105H147N3O6S3. The molecule has 3 aromatic heterocycles. The molecule has 3 N–H and O–H groups in total. The Balaban J connectivity index is 1.41. The van der Waals surface area contributed by atoms with Gasteiger partial charge < -0.3 is 14.2 Å². The van der Waals surface area contributed by atoms with Gasteiger partial charge in [0.1, 0.15) is 18.1 Å². The Hall–Kier alpha value is -6.51. The van der Waals surface area contributed by atoms with Crippen LogP contribution in [-0.4, -0.2) is 57.4 Å². The molecule has 0 unspecified atom stereocenters. The van der Waals surface area contributed by atoms with Crippen molar-refractivity contribution in [1.82, 2.24) is 16.0 Å². The maximum Gasteiger partial charge on any atom is 0.323 e. The van der Waals surface area contributed by atoms with Crippen LogP contribution in [0.5, 0.6) is 0 Å². The first-order valence-corrected chi connectivity index (χ1v) is 48.5. The average Bonchev–Trinajstić information content (AvgIpc) is 1.48. The van der Waals surface area contributed by atoms with E-state index in [0.717, 1.165) is 77.0 Å². The van der Waals surface area contributed by atoms with Gasteiger partial charge in [-0.3, -0.25) is 30.3 Å². The summed E-state index contributed by atoms with van der Waals surface area (Å²) < 4.78 is 16.3. The summed E-state index contributed by atoms with van der Waals surface area (Å²) in [6, 6.07) is 36.0. The Labute approximate surface area is 719 Å². The van der Waals surface area contributed by atoms with Crippen LogP contribution in [0.4, 0.5) is 0 Å². The third-order valence-corrected chi connectivity index (χ3v) is 30.3. The fourth-order valence-corrected chi connectivity index (χ4v) is 23.7. The van der Waals surface area contributed by atoms with Crippen molar-refractivity contribution in [2.45, 2.75) is 347 Å². The number of carbonyl (C=O) groups excluding carboxylic acids is 3. The Kier molecular flexibility index (Phi) is 35.2. The number of thiophene rings is 3. The molecule has 0 saturated heterocycles. The van der Waals surface area contributed by atoms with E-state index >= 15 is 0 Å². The minimum absolute atomic E-state index is 0.0244. The predicted octanol–water partition coefficient (Wildman–Crippen LogP) is 29.7. The van der Waals surface area contributed by atoms with Gasteiger partial charge >= 0.3 is 17.9 Å². The molecule has 0 bridgehead atoms. The maximum absolute atomic E-state index is 13.6. The van der Waals surface area contributed by atoms with Gasteiger partial charge in [0.15, 0.2) is 0 Å². The van der Waals surface area contributed by atoms with Gasteiger partial charge in [-0.25, -0.2) is 0 Å². The van der Waals surface area contributed by atoms with Gasteiger partial charge in [0.05, 0.1) is 21.3 Å². The van der Waals surface area contributed by atoms with Crippen molar-refractivity contribution >= 4 is 51.9 Å². The number of rotatable bonds is 54. The lowest BCUT2D eigenvalue weighted by atomic mass is 9.63. The summed E-state index contributed by atoms with van der Waals surface area (Å²) in [6.07, 6.45) is 42.9. The molecule has 3 heterocycles. The Morgan fingerprint density at radius 1 is 0.342 bits per heavy atom. The van der Waals surface area contributed by atoms with Crippen molar-refractivity contribution in [3.05, 3.63) is 177 Å². The molecule has 12 heteroatoms. The molecule has 3 aliphatic carbocycles. The Bertz CT molecular complexity index is 3910. The first-order valence-electron chi connectivity index (χ1n) is 46.1. The standard InChI is InChI=1S/C105H147N3O6S3/c1-19-28-34-40-61-103(62-41-35-29-20-2)79-52-49-73(85-55-58-88(115-85)82(46-25-7)106-97(70(10)11)100(109)112-16)67-76(79)91-94(103)92-77-68-74(86-56-59-89(116-86)83(47-26-8)107-98(71(12)13)101(110)113-17)50-53-80(77)104(63-42-36-30-21-3,64-43-37-31-22-4)96(92)93-78-69-75(87-57-60-90(117-87)84(48-27-9)108-99(72(14)15)102(111)114-18)51-54-81(78)105(95(91)93,65-44-38-32-23-5)66-45-39-33-24-6/h25-27,49-60,67-72,82-84,97-99,106-108H,7-9,19-24,28-48,61-66H2,1-6,10-18H3/t82-,83-,84-,97-,98-,99-/m0/s1. The van der Waals surface area contributed by atoms with E-state index in [9.17, 15) is 14.4 Å². The lowest BCUT2D eigenvalue weighted by molar-refractivity contribution is -0.145. The fraction of sp³-hybridized carbons (Fsp3) is 0.571. The molecule has 0 spiro atoms. The number of benzene rings is 4. The van der Waals surface area contributed by atoms with E-state index in [-0.39, 0.29) is 70.0 Å². The van der Waals surface area contributed by atoms with Gasteiger partial charge in [0.25, 0.3) is 0 Å². The van der Waals surface area contributed by atoms with E-state index in [1.165, 1.54) is 216 Å². The summed E-state index contributed by atoms with van der Waals surface area (Å²) in [6.45, 7) is 39.7. The maximum atomic E-state index is 13.6. The first kappa shape index (κ1) is 92.8. The molecule has 0 fully saturated rings. The van der Waals surface area contributed by atoms with Crippen LogP contribution in [0.2, 0.25) is 0 Å². The second kappa shape index (κ2) is 44.3. The van der Waals surface area contributed by atoms with Gasteiger partial charge in [-0.15, -0.1) is 53.7 Å². The first-order chi connectivity index (χ1) is 56.7. The third kappa shape index (κ3) is 20.5. The number of methoxy groups -OCH3 is 3. The third-order valence-electron chi connectivity index (χ3n) is 26.6. The Morgan fingerprint density at radius 2 is 0.573 bits per heavy atom. The molecule has 9 nitrogen and oxygen atoms in total. The van der Waals surface area contributed by atoms with Crippen LogP contribution in [-0.2, 0) is 44.8 Å². The second-order valence-corrected chi connectivity index (χ2v) is 39.1. The number of unbranched alkanes of at least 4 members (excludes halogenated alkanes) is 18. The molecule has 117 heavy (non-hydrogen) atoms. The van der Waals surface area contributed by atoms with Crippen molar-refractivity contribution < 1.29 is 28.6 Å². The highest BCUT2D eigenvalue weighted by molar-refractivity contribution is 7.16. The highest BCUT2D eigenvalue weighted by Gasteiger charge is 2.58. The molecule has 6 atom stereocenters. The highest BCUT2D eigenvalue weighted by Crippen LogP contribution is 2.72. The molecule has 10 rings (SSSR count). The molecule has 0 radical (unpaired) electrons. The summed E-state index contributed by atoms with van der Waals surface area (Å²) >= 11 is 5.57. The number of carbonyl (C=O) groups is 3. The fourth-order valence-electron chi connectivity index (χ4n) is 20.4. The van der Waals surface area contributed by atoms with E-state index in [2.05, 4.69) is 210 Å². The predicted molar refractivity (Wildman–Crippen MR) is 502 cm³/mol. The number of fused-ring (bicyclic) bond motifs is 12. The zero-order chi connectivity index (χ0) is 84.0. The van der Waals surface area contributed by atoms with Crippen molar-refractivity contribution in [3.63, 3.8) is 0 Å². The monoisotopic (exact) mass is 1640 g/mol. The average molecular weight is 1640 g/mol. The van der Waals surface area contributed by atoms with E-state index in [0.29, 0.717) is 19.3 Å². The lowest BCUT2D eigenvalue weighted by Crippen LogP contribution is -2.43. The SMILES string of the molecule is C=CC[C@H](N[C@H](C(=O)OC)C(C)C)c1ccc(-c2ccc3c(c2)-c2c(c4c(c5c2C(CCCCCC)(CCCCCC)c2ccc(-c6ccc([C@H](CC=C)N[C@H](C(=O)OC)C(C)C)s6)cc2-5)C(CCCCCC)(CCCCCC)c2ccc(-c5ccc([C@H](CC=C)N[C@H](C(=O)OC)C(C)C)s5)cc2-4)C3(CCCCCC)CCCCCC)s1. The van der Waals surface area contributed by atoms with Crippen LogP contribution < -0.4 is 16.0 Å². The van der Waals surface area contributed by atoms with E-state index in [1.54, 1.807) is 33.4 Å². The summed E-state index contributed by atoms with van der Waals surface area (Å²) in [4.78, 5) is 47.9. The second-order valence-electron chi connectivity index (χ2n) is 35.7. The summed E-state index contributed by atoms with van der Waals surface area (Å²) in [5.41, 5.74) is 21.3. The minimum Gasteiger partial charge on any atom is -0.468 e. The number of esters is 3. The van der Waals surface area contributed by atoms with Crippen LogP contribution >= 0.6 is 34.0 Å². The number of nitrogens with one attached hydrogen (secondary N) is 3. The van der Waals surface area contributed by atoms with Crippen molar-refractivity contribution in [3.8, 4) is 64.7 Å².